The minimum Gasteiger partial charge on any atom is -0.477 e. The number of carbonyl (C=O) groups is 1. The Kier molecular flexibility index (Phi) is 3.69. The van der Waals surface area contributed by atoms with Crippen LogP contribution in [0.15, 0.2) is 30.3 Å². The number of nitrogens with zero attached hydrogens (tertiary/aromatic N) is 2. The summed E-state index contributed by atoms with van der Waals surface area (Å²) in [4.78, 5) is 15.2. The molecule has 0 spiro atoms. The number of aromatic nitrogens is 2. The third-order valence-corrected chi connectivity index (χ3v) is 3.44. The number of benzene rings is 1. The van der Waals surface area contributed by atoms with Crippen molar-refractivity contribution < 1.29 is 9.90 Å². The van der Waals surface area contributed by atoms with Gasteiger partial charge in [0.25, 0.3) is 0 Å². The maximum absolute atomic E-state index is 11.3. The van der Waals surface area contributed by atoms with Gasteiger partial charge in [0.05, 0.1) is 11.5 Å². The van der Waals surface area contributed by atoms with Gasteiger partial charge in [-0.05, 0) is 24.1 Å². The zero-order valence-corrected chi connectivity index (χ0v) is 11.6. The van der Waals surface area contributed by atoms with Gasteiger partial charge in [0.15, 0.2) is 5.69 Å². The standard InChI is InChI=1S/C12H12ClN2O2P/c1-7(8-5-3-2-4-6-8)15-9(11(16)17)10(18)14-12(15)13/h2-7H,18H2,1H3,(H,16,17)/t7-/m1/s1. The van der Waals surface area contributed by atoms with Crippen molar-refractivity contribution in [3.8, 4) is 0 Å². The Morgan fingerprint density at radius 3 is 2.61 bits per heavy atom. The summed E-state index contributed by atoms with van der Waals surface area (Å²) in [5.41, 5.74) is 1.42. The molecule has 2 aromatic rings. The second kappa shape index (κ2) is 5.09. The number of aromatic carboxylic acids is 1. The monoisotopic (exact) mass is 282 g/mol. The molecule has 1 N–H and O–H groups in total. The van der Waals surface area contributed by atoms with Crippen LogP contribution in [0.3, 0.4) is 0 Å². The molecule has 4 nitrogen and oxygen atoms in total. The molecule has 18 heavy (non-hydrogen) atoms. The first kappa shape index (κ1) is 13.1. The van der Waals surface area contributed by atoms with Gasteiger partial charge in [0.1, 0.15) is 0 Å². The zero-order valence-electron chi connectivity index (χ0n) is 9.67. The van der Waals surface area contributed by atoms with Gasteiger partial charge in [-0.3, -0.25) is 0 Å². The molecule has 0 radical (unpaired) electrons. The van der Waals surface area contributed by atoms with E-state index in [9.17, 15) is 9.90 Å². The summed E-state index contributed by atoms with van der Waals surface area (Å²) in [7, 11) is 2.30. The minimum absolute atomic E-state index is 0.0985. The van der Waals surface area contributed by atoms with E-state index >= 15 is 0 Å². The predicted octanol–water partition coefficient (Wildman–Crippen LogP) is 2.34. The van der Waals surface area contributed by atoms with Gasteiger partial charge >= 0.3 is 5.97 Å². The Morgan fingerprint density at radius 1 is 1.44 bits per heavy atom. The molecular weight excluding hydrogens is 271 g/mol. The fourth-order valence-corrected chi connectivity index (χ4v) is 2.66. The second-order valence-electron chi connectivity index (χ2n) is 3.88. The molecule has 0 bridgehead atoms. The summed E-state index contributed by atoms with van der Waals surface area (Å²) in [5.74, 6) is -1.04. The number of carboxylic acid groups (broad SMARTS) is 1. The van der Waals surface area contributed by atoms with E-state index in [1.54, 1.807) is 0 Å². The smallest absolute Gasteiger partial charge is 0.354 e. The molecule has 0 aliphatic rings. The van der Waals surface area contributed by atoms with Gasteiger partial charge < -0.3 is 9.67 Å². The third kappa shape index (κ3) is 2.26. The average molecular weight is 283 g/mol. The summed E-state index contributed by atoms with van der Waals surface area (Å²) in [6.45, 7) is 1.89. The molecule has 0 aliphatic heterocycles. The van der Waals surface area contributed by atoms with E-state index in [0.717, 1.165) is 5.56 Å². The number of hydrogen-bond acceptors (Lipinski definition) is 2. The maximum atomic E-state index is 11.3. The van der Waals surface area contributed by atoms with Crippen molar-refractivity contribution in [2.75, 3.05) is 0 Å². The van der Waals surface area contributed by atoms with Crippen LogP contribution in [0.4, 0.5) is 0 Å². The van der Waals surface area contributed by atoms with Gasteiger partial charge in [0.2, 0.25) is 5.28 Å². The number of hydrogen-bond donors (Lipinski definition) is 1. The SMILES string of the molecule is C[C@H](c1ccccc1)n1c(Cl)nc(P)c1C(=O)O. The van der Waals surface area contributed by atoms with Crippen molar-refractivity contribution in [1.82, 2.24) is 9.55 Å². The van der Waals surface area contributed by atoms with Crippen LogP contribution in [0.5, 0.6) is 0 Å². The van der Waals surface area contributed by atoms with E-state index in [0.29, 0.717) is 5.44 Å². The van der Waals surface area contributed by atoms with Gasteiger partial charge in [0, 0.05) is 0 Å². The second-order valence-corrected chi connectivity index (χ2v) is 4.76. The molecule has 0 aliphatic carbocycles. The van der Waals surface area contributed by atoms with Crippen molar-refractivity contribution in [3.05, 3.63) is 46.9 Å². The summed E-state index contributed by atoms with van der Waals surface area (Å²) in [5, 5.41) is 9.40. The topological polar surface area (TPSA) is 55.1 Å². The highest BCUT2D eigenvalue weighted by molar-refractivity contribution is 7.27. The lowest BCUT2D eigenvalue weighted by Crippen LogP contribution is -2.18. The molecule has 1 heterocycles. The van der Waals surface area contributed by atoms with Gasteiger partial charge in [-0.1, -0.05) is 39.6 Å². The molecule has 2 rings (SSSR count). The zero-order chi connectivity index (χ0) is 13.3. The Bertz CT molecular complexity index is 583. The van der Waals surface area contributed by atoms with E-state index in [1.165, 1.54) is 4.57 Å². The normalized spacial score (nSPS) is 12.4. The van der Waals surface area contributed by atoms with Crippen molar-refractivity contribution in [2.24, 2.45) is 0 Å². The summed E-state index contributed by atoms with van der Waals surface area (Å²) in [6, 6.07) is 9.37. The first-order valence-electron chi connectivity index (χ1n) is 5.33. The fraction of sp³-hybridized carbons (Fsp3) is 0.167. The highest BCUT2D eigenvalue weighted by Gasteiger charge is 2.23. The van der Waals surface area contributed by atoms with Crippen molar-refractivity contribution >= 4 is 32.2 Å². The van der Waals surface area contributed by atoms with Crippen LogP contribution < -0.4 is 5.44 Å². The third-order valence-electron chi connectivity index (χ3n) is 2.77. The minimum atomic E-state index is -1.04. The van der Waals surface area contributed by atoms with E-state index in [1.807, 2.05) is 37.3 Å². The molecule has 0 fully saturated rings. The van der Waals surface area contributed by atoms with Crippen LogP contribution in [-0.2, 0) is 0 Å². The van der Waals surface area contributed by atoms with Crippen molar-refractivity contribution in [2.45, 2.75) is 13.0 Å². The Labute approximate surface area is 112 Å². The highest BCUT2D eigenvalue weighted by atomic mass is 35.5. The molecule has 0 saturated heterocycles. The van der Waals surface area contributed by atoms with Crippen LogP contribution in [0.25, 0.3) is 0 Å². The van der Waals surface area contributed by atoms with E-state index < -0.39 is 5.97 Å². The largest absolute Gasteiger partial charge is 0.477 e. The molecule has 94 valence electrons. The lowest BCUT2D eigenvalue weighted by Gasteiger charge is -2.16. The van der Waals surface area contributed by atoms with Gasteiger partial charge in [-0.2, -0.15) is 0 Å². The Morgan fingerprint density at radius 2 is 2.06 bits per heavy atom. The first-order chi connectivity index (χ1) is 8.52. The van der Waals surface area contributed by atoms with Crippen LogP contribution >= 0.6 is 20.8 Å². The van der Waals surface area contributed by atoms with Crippen molar-refractivity contribution in [1.29, 1.82) is 0 Å². The van der Waals surface area contributed by atoms with Gasteiger partial charge in [-0.15, -0.1) is 0 Å². The van der Waals surface area contributed by atoms with Crippen LogP contribution in [0, 0.1) is 0 Å². The first-order valence-corrected chi connectivity index (χ1v) is 6.29. The Balaban J connectivity index is 2.55. The molecule has 0 amide bonds. The Hall–Kier alpha value is -1.38. The van der Waals surface area contributed by atoms with Gasteiger partial charge in [-0.25, -0.2) is 9.78 Å². The van der Waals surface area contributed by atoms with E-state index in [4.69, 9.17) is 11.6 Å². The van der Waals surface area contributed by atoms with Crippen LogP contribution in [-0.4, -0.2) is 20.6 Å². The summed E-state index contributed by atoms with van der Waals surface area (Å²) < 4.78 is 1.52. The average Bonchev–Trinajstić information content (AvgIpc) is 2.64. The van der Waals surface area contributed by atoms with Crippen LogP contribution in [0.1, 0.15) is 29.0 Å². The molecule has 2 atom stereocenters. The summed E-state index contributed by atoms with van der Waals surface area (Å²) >= 11 is 6.01. The van der Waals surface area contributed by atoms with E-state index in [2.05, 4.69) is 14.2 Å². The molecule has 1 unspecified atom stereocenters. The molecule has 1 aromatic carbocycles. The highest BCUT2D eigenvalue weighted by Crippen LogP contribution is 2.24. The molecular formula is C12H12ClN2O2P. The van der Waals surface area contributed by atoms with Crippen LogP contribution in [0.2, 0.25) is 5.28 Å². The van der Waals surface area contributed by atoms with Crippen molar-refractivity contribution in [3.63, 3.8) is 0 Å². The predicted molar refractivity (Wildman–Crippen MR) is 73.8 cm³/mol. The molecule has 0 saturated carbocycles. The lowest BCUT2D eigenvalue weighted by molar-refractivity contribution is 0.0686. The number of halogens is 1. The number of carboxylic acids is 1. The molecule has 1 aromatic heterocycles. The van der Waals surface area contributed by atoms with E-state index in [-0.39, 0.29) is 17.0 Å². The lowest BCUT2D eigenvalue weighted by atomic mass is 10.1. The summed E-state index contributed by atoms with van der Waals surface area (Å²) in [6.07, 6.45) is 0. The maximum Gasteiger partial charge on any atom is 0.354 e. The fourth-order valence-electron chi connectivity index (χ4n) is 1.87. The number of rotatable bonds is 3. The molecule has 6 heteroatoms. The quantitative estimate of drug-likeness (QED) is 0.879. The number of imidazole rings is 1.